The first-order valence-electron chi connectivity index (χ1n) is 11.1. The quantitative estimate of drug-likeness (QED) is 0.507. The molecule has 1 saturated carbocycles. The van der Waals surface area contributed by atoms with Gasteiger partial charge in [-0.25, -0.2) is 23.5 Å². The van der Waals surface area contributed by atoms with Crippen LogP contribution in [0.25, 0.3) is 11.5 Å². The Morgan fingerprint density at radius 1 is 1.34 bits per heavy atom. The number of rotatable bonds is 7. The molecule has 1 N–H and O–H groups in total. The topological polar surface area (TPSA) is 115 Å². The van der Waals surface area contributed by atoms with Gasteiger partial charge in [0.2, 0.25) is 5.89 Å². The van der Waals surface area contributed by atoms with Crippen molar-refractivity contribution in [3.05, 3.63) is 42.2 Å². The van der Waals surface area contributed by atoms with E-state index in [0.717, 1.165) is 19.1 Å². The van der Waals surface area contributed by atoms with Crippen LogP contribution in [0.5, 0.6) is 0 Å². The molecule has 3 aromatic rings. The fourth-order valence-electron chi connectivity index (χ4n) is 3.30. The first kappa shape index (κ1) is 24.3. The van der Waals surface area contributed by atoms with Crippen molar-refractivity contribution in [1.82, 2.24) is 19.7 Å². The van der Waals surface area contributed by atoms with E-state index in [9.17, 15) is 18.4 Å². The third-order valence-corrected chi connectivity index (χ3v) is 5.07. The van der Waals surface area contributed by atoms with Crippen molar-refractivity contribution in [1.29, 1.82) is 0 Å². The van der Waals surface area contributed by atoms with Crippen LogP contribution in [0.3, 0.4) is 0 Å². The number of amides is 2. The Morgan fingerprint density at radius 2 is 2.09 bits per heavy atom. The van der Waals surface area contributed by atoms with E-state index in [4.69, 9.17) is 9.15 Å². The third kappa shape index (κ3) is 6.00. The second-order valence-corrected chi connectivity index (χ2v) is 9.33. The molecule has 0 saturated heterocycles. The second kappa shape index (κ2) is 9.43. The lowest BCUT2D eigenvalue weighted by Crippen LogP contribution is -2.38. The lowest BCUT2D eigenvalue weighted by Gasteiger charge is -2.27. The minimum absolute atomic E-state index is 0.106. The summed E-state index contributed by atoms with van der Waals surface area (Å²) in [6, 6.07) is 3.24. The maximum atomic E-state index is 13.1. The minimum atomic E-state index is -2.85. The van der Waals surface area contributed by atoms with Crippen molar-refractivity contribution in [2.45, 2.75) is 45.6 Å². The van der Waals surface area contributed by atoms with E-state index in [1.807, 2.05) is 0 Å². The van der Waals surface area contributed by atoms with Crippen LogP contribution < -0.4 is 10.2 Å². The van der Waals surface area contributed by atoms with Crippen molar-refractivity contribution >= 4 is 23.5 Å². The van der Waals surface area contributed by atoms with Gasteiger partial charge in [0, 0.05) is 31.5 Å². The molecule has 2 amide bonds. The average Bonchev–Trinajstić information content (AvgIpc) is 3.31. The van der Waals surface area contributed by atoms with E-state index in [2.05, 4.69) is 20.4 Å². The molecule has 0 bridgehead atoms. The summed E-state index contributed by atoms with van der Waals surface area (Å²) in [6.07, 6.45) is 2.61. The number of oxazole rings is 1. The fraction of sp³-hybridized carbons (Fsp3) is 0.435. The number of halogens is 2. The van der Waals surface area contributed by atoms with Crippen molar-refractivity contribution in [3.63, 3.8) is 0 Å². The molecule has 1 aliphatic rings. The Kier molecular flexibility index (Phi) is 6.55. The first-order chi connectivity index (χ1) is 16.5. The van der Waals surface area contributed by atoms with Gasteiger partial charge in [0.1, 0.15) is 17.7 Å². The van der Waals surface area contributed by atoms with Crippen molar-refractivity contribution < 1.29 is 27.5 Å². The van der Waals surface area contributed by atoms with Crippen LogP contribution in [0.1, 0.15) is 56.2 Å². The van der Waals surface area contributed by atoms with Gasteiger partial charge in [-0.05, 0) is 51.7 Å². The Labute approximate surface area is 200 Å². The molecular weight excluding hydrogens is 462 g/mol. The maximum Gasteiger partial charge on any atom is 0.416 e. The third-order valence-electron chi connectivity index (χ3n) is 5.07. The number of anilines is 2. The molecule has 1 fully saturated rings. The van der Waals surface area contributed by atoms with Crippen LogP contribution in [-0.4, -0.2) is 43.9 Å². The molecule has 186 valence electrons. The molecule has 3 heterocycles. The number of ether oxygens (including phenoxy) is 1. The standard InChI is InChI=1S/C23H26F2N6O4/c1-23(2,3)35-22(33)31(10-13-5-6-13)17-9-14(7-8-26-17)21-28-16(12-34-21)20(32)27-15-11-30(4)29-18(15)19(24)25/h7-9,11-13,19H,5-6,10H2,1-4H3,(H,27,32). The lowest BCUT2D eigenvalue weighted by molar-refractivity contribution is 0.0577. The zero-order chi connectivity index (χ0) is 25.3. The minimum Gasteiger partial charge on any atom is -0.444 e. The molecule has 0 atom stereocenters. The molecule has 10 nitrogen and oxygen atoms in total. The van der Waals surface area contributed by atoms with E-state index < -0.39 is 29.7 Å². The number of aryl methyl sites for hydroxylation is 1. The molecular formula is C23H26F2N6O4. The van der Waals surface area contributed by atoms with Gasteiger partial charge in [0.25, 0.3) is 12.3 Å². The summed E-state index contributed by atoms with van der Waals surface area (Å²) in [7, 11) is 1.47. The first-order valence-corrected chi connectivity index (χ1v) is 11.1. The Balaban J connectivity index is 1.54. The number of nitrogens with one attached hydrogen (secondary N) is 1. The predicted molar refractivity (Wildman–Crippen MR) is 122 cm³/mol. The van der Waals surface area contributed by atoms with Crippen molar-refractivity contribution in [2.75, 3.05) is 16.8 Å². The summed E-state index contributed by atoms with van der Waals surface area (Å²) in [5.41, 5.74) is -0.949. The number of hydrogen-bond acceptors (Lipinski definition) is 7. The normalized spacial score (nSPS) is 13.7. The van der Waals surface area contributed by atoms with Gasteiger partial charge in [-0.15, -0.1) is 0 Å². The summed E-state index contributed by atoms with van der Waals surface area (Å²) >= 11 is 0. The van der Waals surface area contributed by atoms with Crippen LogP contribution >= 0.6 is 0 Å². The van der Waals surface area contributed by atoms with Crippen LogP contribution in [0, 0.1) is 5.92 Å². The molecule has 35 heavy (non-hydrogen) atoms. The van der Waals surface area contributed by atoms with E-state index in [1.165, 1.54) is 29.0 Å². The van der Waals surface area contributed by atoms with E-state index in [1.54, 1.807) is 32.9 Å². The number of pyridine rings is 1. The van der Waals surface area contributed by atoms with Gasteiger partial charge in [0.05, 0.1) is 5.69 Å². The van der Waals surface area contributed by atoms with Crippen molar-refractivity contribution in [2.24, 2.45) is 13.0 Å². The highest BCUT2D eigenvalue weighted by atomic mass is 19.3. The molecule has 0 aliphatic heterocycles. The van der Waals surface area contributed by atoms with Crippen LogP contribution in [-0.2, 0) is 11.8 Å². The Morgan fingerprint density at radius 3 is 2.74 bits per heavy atom. The van der Waals surface area contributed by atoms with Crippen molar-refractivity contribution in [3.8, 4) is 11.5 Å². The van der Waals surface area contributed by atoms with Crippen LogP contribution in [0.15, 0.2) is 35.2 Å². The number of hydrogen-bond donors (Lipinski definition) is 1. The average molecular weight is 488 g/mol. The van der Waals surface area contributed by atoms with E-state index in [-0.39, 0.29) is 17.3 Å². The summed E-state index contributed by atoms with van der Waals surface area (Å²) in [5, 5.41) is 6.04. The highest BCUT2D eigenvalue weighted by molar-refractivity contribution is 6.03. The summed E-state index contributed by atoms with van der Waals surface area (Å²) in [4.78, 5) is 35.4. The molecule has 3 aromatic heterocycles. The second-order valence-electron chi connectivity index (χ2n) is 9.33. The molecule has 0 aromatic carbocycles. The fourth-order valence-corrected chi connectivity index (χ4v) is 3.30. The number of alkyl halides is 2. The number of aromatic nitrogens is 4. The highest BCUT2D eigenvalue weighted by Crippen LogP contribution is 2.33. The Hall–Kier alpha value is -3.83. The molecule has 4 rings (SSSR count). The molecule has 0 radical (unpaired) electrons. The predicted octanol–water partition coefficient (Wildman–Crippen LogP) is 4.81. The largest absolute Gasteiger partial charge is 0.444 e. The maximum absolute atomic E-state index is 13.1. The summed E-state index contributed by atoms with van der Waals surface area (Å²) in [5.74, 6) is 0.128. The smallest absolute Gasteiger partial charge is 0.416 e. The Bertz CT molecular complexity index is 1230. The number of carbonyl (C=O) groups is 2. The monoisotopic (exact) mass is 488 g/mol. The molecule has 0 unspecified atom stereocenters. The van der Waals surface area contributed by atoms with Gasteiger partial charge in [-0.2, -0.15) is 5.10 Å². The van der Waals surface area contributed by atoms with Gasteiger partial charge < -0.3 is 14.5 Å². The molecule has 12 heteroatoms. The number of nitrogens with zero attached hydrogens (tertiary/aromatic N) is 5. The lowest BCUT2D eigenvalue weighted by atomic mass is 10.2. The SMILES string of the molecule is Cn1cc(NC(=O)c2coc(-c3ccnc(N(CC4CC4)C(=O)OC(C)(C)C)c3)n2)c(C(F)F)n1. The van der Waals surface area contributed by atoms with Gasteiger partial charge >= 0.3 is 6.09 Å². The highest BCUT2D eigenvalue weighted by Gasteiger charge is 2.31. The van der Waals surface area contributed by atoms with Gasteiger partial charge in [-0.3, -0.25) is 14.4 Å². The van der Waals surface area contributed by atoms with Crippen LogP contribution in [0.2, 0.25) is 0 Å². The molecule has 0 spiro atoms. The number of carbonyl (C=O) groups excluding carboxylic acids is 2. The van der Waals surface area contributed by atoms with Gasteiger partial charge in [0.15, 0.2) is 11.4 Å². The van der Waals surface area contributed by atoms with E-state index >= 15 is 0 Å². The van der Waals surface area contributed by atoms with Gasteiger partial charge in [-0.1, -0.05) is 0 Å². The zero-order valence-electron chi connectivity index (χ0n) is 19.8. The van der Waals surface area contributed by atoms with E-state index in [0.29, 0.717) is 23.8 Å². The summed E-state index contributed by atoms with van der Waals surface area (Å²) in [6.45, 7) is 5.85. The van der Waals surface area contributed by atoms with Crippen LogP contribution in [0.4, 0.5) is 25.1 Å². The summed E-state index contributed by atoms with van der Waals surface area (Å²) < 4.78 is 38.5. The zero-order valence-corrected chi connectivity index (χ0v) is 19.8. The molecule has 1 aliphatic carbocycles.